The molecular weight excluding hydrogens is 403 g/mol. The fourth-order valence-electron chi connectivity index (χ4n) is 2.93. The van der Waals surface area contributed by atoms with Gasteiger partial charge in [-0.25, -0.2) is 14.6 Å². The Hall–Kier alpha value is -3.39. The van der Waals surface area contributed by atoms with Crippen LogP contribution in [0.5, 0.6) is 0 Å². The number of alkyl halides is 3. The van der Waals surface area contributed by atoms with E-state index in [0.29, 0.717) is 21.8 Å². The molecule has 5 nitrogen and oxygen atoms in total. The Morgan fingerprint density at radius 1 is 0.966 bits per heavy atom. The average Bonchev–Trinajstić information content (AvgIpc) is 3.18. The van der Waals surface area contributed by atoms with Gasteiger partial charge in [0.2, 0.25) is 0 Å². The lowest BCUT2D eigenvalue weighted by molar-refractivity contribution is -0.137. The largest absolute Gasteiger partial charge is 0.416 e. The van der Waals surface area contributed by atoms with Crippen molar-refractivity contribution >= 4 is 17.4 Å². The molecule has 0 saturated carbocycles. The van der Waals surface area contributed by atoms with Crippen molar-refractivity contribution in [2.24, 2.45) is 0 Å². The molecule has 0 fully saturated rings. The van der Waals surface area contributed by atoms with Gasteiger partial charge in [0.15, 0.2) is 0 Å². The molecule has 4 aromatic rings. The van der Waals surface area contributed by atoms with Crippen LogP contribution >= 0.6 is 11.6 Å². The summed E-state index contributed by atoms with van der Waals surface area (Å²) in [6.07, 6.45) is -0.00131. The number of hydrogen-bond acceptors (Lipinski definition) is 4. The number of nitrogens with zero attached hydrogens (tertiary/aromatic N) is 4. The summed E-state index contributed by atoms with van der Waals surface area (Å²) in [7, 11) is 0. The van der Waals surface area contributed by atoms with Crippen LogP contribution in [0.4, 0.5) is 19.0 Å². The van der Waals surface area contributed by atoms with Crippen LogP contribution in [0.25, 0.3) is 28.1 Å². The predicted octanol–water partition coefficient (Wildman–Crippen LogP) is 5.25. The van der Waals surface area contributed by atoms with Gasteiger partial charge in [0, 0.05) is 16.8 Å². The van der Waals surface area contributed by atoms with Crippen molar-refractivity contribution < 1.29 is 13.2 Å². The highest BCUT2D eigenvalue weighted by molar-refractivity contribution is 6.30. The van der Waals surface area contributed by atoms with Crippen molar-refractivity contribution in [3.05, 3.63) is 77.8 Å². The molecule has 0 aliphatic rings. The molecule has 0 spiro atoms. The van der Waals surface area contributed by atoms with Gasteiger partial charge in [0.1, 0.15) is 12.1 Å². The van der Waals surface area contributed by atoms with Gasteiger partial charge in [-0.05, 0) is 35.9 Å². The molecular formula is C20H13ClF3N5. The number of nitrogen functional groups attached to an aromatic ring is 1. The first kappa shape index (κ1) is 18.9. The van der Waals surface area contributed by atoms with Crippen LogP contribution in [0.1, 0.15) is 5.56 Å². The van der Waals surface area contributed by atoms with Crippen LogP contribution in [0.3, 0.4) is 0 Å². The lowest BCUT2D eigenvalue weighted by atomic mass is 10.0. The summed E-state index contributed by atoms with van der Waals surface area (Å²) < 4.78 is 40.3. The van der Waals surface area contributed by atoms with Gasteiger partial charge >= 0.3 is 6.18 Å². The van der Waals surface area contributed by atoms with E-state index < -0.39 is 11.7 Å². The van der Waals surface area contributed by atoms with E-state index in [1.54, 1.807) is 36.5 Å². The monoisotopic (exact) mass is 415 g/mol. The van der Waals surface area contributed by atoms with Crippen molar-refractivity contribution in [1.82, 2.24) is 19.7 Å². The van der Waals surface area contributed by atoms with Crippen molar-refractivity contribution in [2.75, 3.05) is 5.73 Å². The molecule has 0 saturated heterocycles. The standard InChI is InChI=1S/C20H13ClF3N5/c21-15-6-4-12(5-7-15)17-18(26-11-27-19(17)25)13-9-28-29(10-13)16-3-1-2-14(8-16)20(22,23)24/h1-11H,(H2,25,26,27). The Labute approximate surface area is 168 Å². The molecule has 0 unspecified atom stereocenters. The number of benzene rings is 2. The zero-order chi connectivity index (χ0) is 20.6. The van der Waals surface area contributed by atoms with Gasteiger partial charge in [-0.1, -0.05) is 29.8 Å². The average molecular weight is 416 g/mol. The van der Waals surface area contributed by atoms with Crippen LogP contribution in [0, 0.1) is 0 Å². The second-order valence-electron chi connectivity index (χ2n) is 6.21. The fraction of sp³-hybridized carbons (Fsp3) is 0.0500. The van der Waals surface area contributed by atoms with Gasteiger partial charge < -0.3 is 5.73 Å². The Bertz CT molecular complexity index is 1170. The van der Waals surface area contributed by atoms with Crippen LogP contribution in [0.15, 0.2) is 67.3 Å². The van der Waals surface area contributed by atoms with Crippen molar-refractivity contribution in [3.8, 4) is 28.1 Å². The molecule has 2 heterocycles. The van der Waals surface area contributed by atoms with E-state index in [4.69, 9.17) is 17.3 Å². The molecule has 0 atom stereocenters. The molecule has 0 radical (unpaired) electrons. The van der Waals surface area contributed by atoms with E-state index in [1.165, 1.54) is 23.3 Å². The predicted molar refractivity (Wildman–Crippen MR) is 104 cm³/mol. The summed E-state index contributed by atoms with van der Waals surface area (Å²) in [5, 5.41) is 4.76. The molecule has 4 rings (SSSR count). The highest BCUT2D eigenvalue weighted by atomic mass is 35.5. The zero-order valence-corrected chi connectivity index (χ0v) is 15.5. The summed E-state index contributed by atoms with van der Waals surface area (Å²) in [5.74, 6) is 0.268. The SMILES string of the molecule is Nc1ncnc(-c2cnn(-c3cccc(C(F)(F)F)c3)c2)c1-c1ccc(Cl)cc1. The van der Waals surface area contributed by atoms with E-state index in [9.17, 15) is 13.2 Å². The molecule has 146 valence electrons. The topological polar surface area (TPSA) is 69.6 Å². The number of halogens is 4. The van der Waals surface area contributed by atoms with Gasteiger partial charge in [-0.15, -0.1) is 0 Å². The quantitative estimate of drug-likeness (QED) is 0.496. The van der Waals surface area contributed by atoms with Gasteiger partial charge in [0.05, 0.1) is 28.7 Å². The maximum Gasteiger partial charge on any atom is 0.416 e. The maximum absolute atomic E-state index is 13.0. The van der Waals surface area contributed by atoms with Crippen molar-refractivity contribution in [2.45, 2.75) is 6.18 Å². The summed E-state index contributed by atoms with van der Waals surface area (Å²) in [4.78, 5) is 8.36. The van der Waals surface area contributed by atoms with Crippen LogP contribution in [-0.2, 0) is 6.18 Å². The molecule has 2 aromatic heterocycles. The first-order chi connectivity index (χ1) is 13.8. The van der Waals surface area contributed by atoms with Crippen molar-refractivity contribution in [3.63, 3.8) is 0 Å². The maximum atomic E-state index is 13.0. The smallest absolute Gasteiger partial charge is 0.383 e. The Morgan fingerprint density at radius 2 is 1.72 bits per heavy atom. The highest BCUT2D eigenvalue weighted by Gasteiger charge is 2.30. The molecule has 0 bridgehead atoms. The minimum absolute atomic E-state index is 0.268. The minimum atomic E-state index is -4.44. The van der Waals surface area contributed by atoms with E-state index in [0.717, 1.165) is 17.7 Å². The van der Waals surface area contributed by atoms with E-state index in [-0.39, 0.29) is 11.5 Å². The van der Waals surface area contributed by atoms with E-state index in [2.05, 4.69) is 15.1 Å². The number of aromatic nitrogens is 4. The second-order valence-corrected chi connectivity index (χ2v) is 6.65. The van der Waals surface area contributed by atoms with E-state index >= 15 is 0 Å². The molecule has 29 heavy (non-hydrogen) atoms. The molecule has 0 aliphatic carbocycles. The zero-order valence-electron chi connectivity index (χ0n) is 14.7. The fourth-order valence-corrected chi connectivity index (χ4v) is 3.06. The second kappa shape index (κ2) is 7.21. The molecule has 0 aliphatic heterocycles. The Kier molecular flexibility index (Phi) is 4.71. The summed E-state index contributed by atoms with van der Waals surface area (Å²) in [5.41, 5.74) is 8.05. The first-order valence-electron chi connectivity index (χ1n) is 8.42. The van der Waals surface area contributed by atoms with Gasteiger partial charge in [0.25, 0.3) is 0 Å². The van der Waals surface area contributed by atoms with Crippen LogP contribution in [-0.4, -0.2) is 19.7 Å². The number of rotatable bonds is 3. The Morgan fingerprint density at radius 3 is 2.45 bits per heavy atom. The highest BCUT2D eigenvalue weighted by Crippen LogP contribution is 2.35. The van der Waals surface area contributed by atoms with Crippen LogP contribution < -0.4 is 5.73 Å². The third-order valence-corrected chi connectivity index (χ3v) is 4.56. The molecule has 9 heteroatoms. The third kappa shape index (κ3) is 3.79. The normalized spacial score (nSPS) is 11.6. The summed E-state index contributed by atoms with van der Waals surface area (Å²) >= 11 is 5.96. The Balaban J connectivity index is 1.78. The van der Waals surface area contributed by atoms with Gasteiger partial charge in [-0.3, -0.25) is 0 Å². The molecule has 2 N–H and O–H groups in total. The number of hydrogen-bond donors (Lipinski definition) is 1. The minimum Gasteiger partial charge on any atom is -0.383 e. The molecule has 0 amide bonds. The number of nitrogens with two attached hydrogens (primary N) is 1. The first-order valence-corrected chi connectivity index (χ1v) is 8.80. The third-order valence-electron chi connectivity index (χ3n) is 4.30. The lowest BCUT2D eigenvalue weighted by Crippen LogP contribution is -2.06. The van der Waals surface area contributed by atoms with Crippen LogP contribution in [0.2, 0.25) is 5.02 Å². The van der Waals surface area contributed by atoms with Crippen molar-refractivity contribution in [1.29, 1.82) is 0 Å². The number of anilines is 1. The van der Waals surface area contributed by atoms with E-state index in [1.807, 2.05) is 0 Å². The lowest BCUT2D eigenvalue weighted by Gasteiger charge is -2.10. The molecule has 2 aromatic carbocycles. The summed E-state index contributed by atoms with van der Waals surface area (Å²) in [6, 6.07) is 11.9. The summed E-state index contributed by atoms with van der Waals surface area (Å²) in [6.45, 7) is 0. The van der Waals surface area contributed by atoms with Gasteiger partial charge in [-0.2, -0.15) is 18.3 Å².